The maximum absolute atomic E-state index is 12.1. The summed E-state index contributed by atoms with van der Waals surface area (Å²) < 4.78 is 0. The summed E-state index contributed by atoms with van der Waals surface area (Å²) in [7, 11) is 0. The van der Waals surface area contributed by atoms with Crippen LogP contribution in [0.4, 0.5) is 5.69 Å². The number of hydrogen-bond donors (Lipinski definition) is 1. The Labute approximate surface area is 111 Å². The highest BCUT2D eigenvalue weighted by Gasteiger charge is 2.19. The van der Waals surface area contributed by atoms with Crippen LogP contribution >= 0.6 is 0 Å². The topological polar surface area (TPSA) is 65.8 Å². The standard InChI is InChI=1S/C15H13N3O/c1-11-7-8-13(10-17-11)18-15(19)14(9-16)12-5-3-2-4-6-12/h2-8,10,14H,1H3,(H,18,19). The molecular formula is C15H13N3O. The second-order valence-electron chi connectivity index (χ2n) is 4.15. The SMILES string of the molecule is Cc1ccc(NC(=O)C(C#N)c2ccccc2)cn1. The van der Waals surface area contributed by atoms with Crippen LogP contribution in [-0.2, 0) is 4.79 Å². The smallest absolute Gasteiger partial charge is 0.246 e. The van der Waals surface area contributed by atoms with E-state index in [-0.39, 0.29) is 5.91 Å². The summed E-state index contributed by atoms with van der Waals surface area (Å²) in [5, 5.41) is 11.8. The zero-order valence-electron chi connectivity index (χ0n) is 10.5. The average molecular weight is 251 g/mol. The first kappa shape index (κ1) is 12.8. The van der Waals surface area contributed by atoms with Crippen LogP contribution in [0, 0.1) is 18.3 Å². The summed E-state index contributed by atoms with van der Waals surface area (Å²) in [6, 6.07) is 14.6. The summed E-state index contributed by atoms with van der Waals surface area (Å²) in [5.41, 5.74) is 2.15. The van der Waals surface area contributed by atoms with E-state index in [0.29, 0.717) is 11.3 Å². The normalized spacial score (nSPS) is 11.4. The molecule has 0 spiro atoms. The van der Waals surface area contributed by atoms with E-state index in [0.717, 1.165) is 5.69 Å². The zero-order chi connectivity index (χ0) is 13.7. The van der Waals surface area contributed by atoms with Crippen LogP contribution in [0.3, 0.4) is 0 Å². The van der Waals surface area contributed by atoms with Crippen molar-refractivity contribution in [2.24, 2.45) is 0 Å². The van der Waals surface area contributed by atoms with Gasteiger partial charge in [-0.25, -0.2) is 0 Å². The van der Waals surface area contributed by atoms with Gasteiger partial charge < -0.3 is 5.32 Å². The average Bonchev–Trinajstić information content (AvgIpc) is 2.43. The van der Waals surface area contributed by atoms with E-state index in [1.54, 1.807) is 42.6 Å². The minimum absolute atomic E-state index is 0.348. The molecule has 1 unspecified atom stereocenters. The maximum Gasteiger partial charge on any atom is 0.246 e. The molecule has 2 aromatic rings. The van der Waals surface area contributed by atoms with Gasteiger partial charge in [0, 0.05) is 5.69 Å². The molecule has 0 aliphatic heterocycles. The van der Waals surface area contributed by atoms with Gasteiger partial charge in [0.15, 0.2) is 5.92 Å². The number of aromatic nitrogens is 1. The van der Waals surface area contributed by atoms with Gasteiger partial charge in [0.05, 0.1) is 18.0 Å². The molecule has 0 saturated carbocycles. The predicted molar refractivity (Wildman–Crippen MR) is 72.4 cm³/mol. The Bertz CT molecular complexity index is 600. The molecule has 4 heteroatoms. The van der Waals surface area contributed by atoms with Gasteiger partial charge in [-0.05, 0) is 24.6 Å². The van der Waals surface area contributed by atoms with Gasteiger partial charge in [0.2, 0.25) is 5.91 Å². The first-order valence-corrected chi connectivity index (χ1v) is 5.89. The van der Waals surface area contributed by atoms with Crippen molar-refractivity contribution in [1.82, 2.24) is 4.98 Å². The molecule has 94 valence electrons. The van der Waals surface area contributed by atoms with Crippen molar-refractivity contribution < 1.29 is 4.79 Å². The third kappa shape index (κ3) is 3.17. The quantitative estimate of drug-likeness (QED) is 0.911. The Morgan fingerprint density at radius 2 is 2.00 bits per heavy atom. The fourth-order valence-corrected chi connectivity index (χ4v) is 1.69. The largest absolute Gasteiger partial charge is 0.323 e. The monoisotopic (exact) mass is 251 g/mol. The van der Waals surface area contributed by atoms with Gasteiger partial charge in [0.25, 0.3) is 0 Å². The zero-order valence-corrected chi connectivity index (χ0v) is 10.5. The molecule has 1 aromatic heterocycles. The van der Waals surface area contributed by atoms with Crippen molar-refractivity contribution in [2.75, 3.05) is 5.32 Å². The van der Waals surface area contributed by atoms with Gasteiger partial charge >= 0.3 is 0 Å². The molecule has 0 fully saturated rings. The second kappa shape index (κ2) is 5.78. The highest BCUT2D eigenvalue weighted by molar-refractivity contribution is 5.97. The van der Waals surface area contributed by atoms with Crippen molar-refractivity contribution >= 4 is 11.6 Å². The Kier molecular flexibility index (Phi) is 3.89. The predicted octanol–water partition coefficient (Wildman–Crippen LogP) is 2.64. The third-order valence-corrected chi connectivity index (χ3v) is 2.70. The van der Waals surface area contributed by atoms with Gasteiger partial charge in [0.1, 0.15) is 0 Å². The molecule has 19 heavy (non-hydrogen) atoms. The van der Waals surface area contributed by atoms with Crippen LogP contribution in [0.25, 0.3) is 0 Å². The Morgan fingerprint density at radius 3 is 2.58 bits per heavy atom. The lowest BCUT2D eigenvalue weighted by Gasteiger charge is -2.10. The third-order valence-electron chi connectivity index (χ3n) is 2.70. The fourth-order valence-electron chi connectivity index (χ4n) is 1.69. The Hall–Kier alpha value is -2.67. The van der Waals surface area contributed by atoms with Crippen molar-refractivity contribution in [1.29, 1.82) is 5.26 Å². The first-order valence-electron chi connectivity index (χ1n) is 5.89. The Balaban J connectivity index is 2.14. The molecule has 1 heterocycles. The Morgan fingerprint density at radius 1 is 1.26 bits per heavy atom. The van der Waals surface area contributed by atoms with E-state index >= 15 is 0 Å². The number of amides is 1. The van der Waals surface area contributed by atoms with Gasteiger partial charge in [-0.2, -0.15) is 5.26 Å². The summed E-state index contributed by atoms with van der Waals surface area (Å²) in [5.74, 6) is -1.16. The summed E-state index contributed by atoms with van der Waals surface area (Å²) in [4.78, 5) is 16.2. The highest BCUT2D eigenvalue weighted by Crippen LogP contribution is 2.17. The minimum atomic E-state index is -0.817. The molecule has 0 radical (unpaired) electrons. The van der Waals surface area contributed by atoms with Crippen LogP contribution in [-0.4, -0.2) is 10.9 Å². The molecule has 1 atom stereocenters. The number of nitrogens with one attached hydrogen (secondary N) is 1. The van der Waals surface area contributed by atoms with Gasteiger partial charge in [-0.1, -0.05) is 30.3 Å². The number of anilines is 1. The van der Waals surface area contributed by atoms with E-state index < -0.39 is 5.92 Å². The molecule has 1 N–H and O–H groups in total. The van der Waals surface area contributed by atoms with Crippen molar-refractivity contribution in [2.45, 2.75) is 12.8 Å². The number of benzene rings is 1. The lowest BCUT2D eigenvalue weighted by Crippen LogP contribution is -2.20. The van der Waals surface area contributed by atoms with Gasteiger partial charge in [-0.3, -0.25) is 9.78 Å². The first-order chi connectivity index (χ1) is 9.20. The molecule has 0 aliphatic carbocycles. The van der Waals surface area contributed by atoms with E-state index in [1.807, 2.05) is 19.1 Å². The van der Waals surface area contributed by atoms with Crippen LogP contribution in [0.5, 0.6) is 0 Å². The molecule has 0 aliphatic rings. The summed E-state index contributed by atoms with van der Waals surface area (Å²) in [6.45, 7) is 1.87. The molecule has 2 rings (SSSR count). The number of carbonyl (C=O) groups is 1. The van der Waals surface area contributed by atoms with E-state index in [2.05, 4.69) is 10.3 Å². The number of nitriles is 1. The van der Waals surface area contributed by atoms with Crippen LogP contribution in [0.2, 0.25) is 0 Å². The number of aryl methyl sites for hydroxylation is 1. The molecular weight excluding hydrogens is 238 g/mol. The number of hydrogen-bond acceptors (Lipinski definition) is 3. The van der Waals surface area contributed by atoms with Crippen LogP contribution < -0.4 is 5.32 Å². The molecule has 0 bridgehead atoms. The highest BCUT2D eigenvalue weighted by atomic mass is 16.1. The lowest BCUT2D eigenvalue weighted by atomic mass is 10.00. The fraction of sp³-hybridized carbons (Fsp3) is 0.133. The van der Waals surface area contributed by atoms with E-state index in [4.69, 9.17) is 5.26 Å². The molecule has 1 amide bonds. The maximum atomic E-state index is 12.1. The summed E-state index contributed by atoms with van der Waals surface area (Å²) >= 11 is 0. The van der Waals surface area contributed by atoms with Crippen molar-refractivity contribution in [3.8, 4) is 6.07 Å². The molecule has 0 saturated heterocycles. The molecule has 1 aromatic carbocycles. The lowest BCUT2D eigenvalue weighted by molar-refractivity contribution is -0.116. The number of pyridine rings is 1. The van der Waals surface area contributed by atoms with Crippen LogP contribution in [0.1, 0.15) is 17.2 Å². The van der Waals surface area contributed by atoms with E-state index in [9.17, 15) is 4.79 Å². The van der Waals surface area contributed by atoms with Crippen molar-refractivity contribution in [3.05, 3.63) is 59.9 Å². The van der Waals surface area contributed by atoms with Crippen LogP contribution in [0.15, 0.2) is 48.7 Å². The number of carbonyl (C=O) groups excluding carboxylic acids is 1. The second-order valence-corrected chi connectivity index (χ2v) is 4.15. The van der Waals surface area contributed by atoms with Crippen molar-refractivity contribution in [3.63, 3.8) is 0 Å². The van der Waals surface area contributed by atoms with Gasteiger partial charge in [-0.15, -0.1) is 0 Å². The summed E-state index contributed by atoms with van der Waals surface area (Å²) in [6.07, 6.45) is 1.58. The minimum Gasteiger partial charge on any atom is -0.323 e. The number of rotatable bonds is 3. The number of nitrogens with zero attached hydrogens (tertiary/aromatic N) is 2. The molecule has 4 nitrogen and oxygen atoms in total. The van der Waals surface area contributed by atoms with E-state index in [1.165, 1.54) is 0 Å².